The molecule has 2 N–H and O–H groups in total. The molecule has 4 heterocycles. The molecule has 5 rings (SSSR count). The van der Waals surface area contributed by atoms with Gasteiger partial charge in [0.05, 0.1) is 11.0 Å². The second-order valence-electron chi connectivity index (χ2n) is 7.69. The molecule has 2 amide bonds. The summed E-state index contributed by atoms with van der Waals surface area (Å²) in [4.78, 5) is 32.0. The Bertz CT molecular complexity index is 1100. The second kappa shape index (κ2) is 7.24. The van der Waals surface area contributed by atoms with Gasteiger partial charge in [0.1, 0.15) is 0 Å². The third-order valence-corrected chi connectivity index (χ3v) is 7.01. The van der Waals surface area contributed by atoms with E-state index in [9.17, 15) is 14.7 Å². The third-order valence-electron chi connectivity index (χ3n) is 5.80. The predicted molar refractivity (Wildman–Crippen MR) is 111 cm³/mol. The Labute approximate surface area is 172 Å². The van der Waals surface area contributed by atoms with Crippen molar-refractivity contribution in [2.45, 2.75) is 18.9 Å². The Hall–Kier alpha value is -2.77. The molecule has 0 unspecified atom stereocenters. The predicted octanol–water partition coefficient (Wildman–Crippen LogP) is 2.26. The quantitative estimate of drug-likeness (QED) is 0.698. The first-order valence-electron chi connectivity index (χ1n) is 9.81. The van der Waals surface area contributed by atoms with Crippen LogP contribution in [-0.4, -0.2) is 52.5 Å². The van der Waals surface area contributed by atoms with Crippen LogP contribution in [0.2, 0.25) is 0 Å². The van der Waals surface area contributed by atoms with Crippen LogP contribution in [-0.2, 0) is 12.8 Å². The van der Waals surface area contributed by atoms with Gasteiger partial charge < -0.3 is 15.3 Å². The number of likely N-dealkylation sites (tertiary alicyclic amines) is 1. The summed E-state index contributed by atoms with van der Waals surface area (Å²) in [6.45, 7) is 1.47. The van der Waals surface area contributed by atoms with Crippen LogP contribution in [0, 0.1) is 5.92 Å². The molecule has 7 heteroatoms. The smallest absolute Gasteiger partial charge is 0.261 e. The minimum absolute atomic E-state index is 0.0183. The van der Waals surface area contributed by atoms with Gasteiger partial charge in [0.15, 0.2) is 0 Å². The van der Waals surface area contributed by atoms with Gasteiger partial charge in [0, 0.05) is 47.7 Å². The molecule has 2 aromatic heterocycles. The fourth-order valence-electron chi connectivity index (χ4n) is 4.29. The molecular weight excluding hydrogens is 386 g/mol. The van der Waals surface area contributed by atoms with Crippen LogP contribution in [0.15, 0.2) is 42.6 Å². The fraction of sp³-hybridized carbons (Fsp3) is 0.318. The van der Waals surface area contributed by atoms with Crippen molar-refractivity contribution in [2.75, 3.05) is 19.6 Å². The number of benzene rings is 1. The number of pyridine rings is 1. The summed E-state index contributed by atoms with van der Waals surface area (Å²) >= 11 is 1.48. The zero-order valence-electron chi connectivity index (χ0n) is 15.8. The molecule has 1 aromatic carbocycles. The Morgan fingerprint density at radius 1 is 1.28 bits per heavy atom. The van der Waals surface area contributed by atoms with E-state index in [1.54, 1.807) is 11.1 Å². The molecule has 1 saturated heterocycles. The zero-order valence-corrected chi connectivity index (χ0v) is 16.6. The number of aliphatic hydroxyl groups is 1. The van der Waals surface area contributed by atoms with Crippen LogP contribution in [0.3, 0.4) is 0 Å². The van der Waals surface area contributed by atoms with E-state index in [2.05, 4.69) is 10.3 Å². The van der Waals surface area contributed by atoms with Crippen LogP contribution in [0.5, 0.6) is 0 Å². The highest BCUT2D eigenvalue weighted by Gasteiger charge is 2.35. The van der Waals surface area contributed by atoms with Crippen molar-refractivity contribution >= 4 is 33.2 Å². The molecule has 0 radical (unpaired) electrons. The maximum absolute atomic E-state index is 13.1. The highest BCUT2D eigenvalue weighted by atomic mass is 32.1. The second-order valence-corrected chi connectivity index (χ2v) is 8.74. The number of hydrogen-bond acceptors (Lipinski definition) is 5. The van der Waals surface area contributed by atoms with E-state index in [1.165, 1.54) is 11.3 Å². The topological polar surface area (TPSA) is 82.5 Å². The average Bonchev–Trinajstić information content (AvgIpc) is 3.29. The Morgan fingerprint density at radius 2 is 2.17 bits per heavy atom. The third kappa shape index (κ3) is 3.30. The molecule has 2 aliphatic rings. The van der Waals surface area contributed by atoms with Gasteiger partial charge in [-0.1, -0.05) is 6.07 Å². The molecule has 2 atom stereocenters. The highest BCUT2D eigenvalue weighted by molar-refractivity contribution is 7.21. The van der Waals surface area contributed by atoms with Gasteiger partial charge >= 0.3 is 0 Å². The van der Waals surface area contributed by atoms with Crippen LogP contribution in [0.1, 0.15) is 31.3 Å². The molecule has 1 fully saturated rings. The number of β-amino-alcohol motifs (C(OH)–C–C–N with tert-alkyl or cyclic N) is 1. The molecular formula is C22H21N3O3S. The molecule has 0 saturated carbocycles. The molecule has 0 bridgehead atoms. The zero-order chi connectivity index (χ0) is 20.0. The molecule has 29 heavy (non-hydrogen) atoms. The summed E-state index contributed by atoms with van der Waals surface area (Å²) in [5, 5.41) is 14.3. The monoisotopic (exact) mass is 407 g/mol. The lowest BCUT2D eigenvalue weighted by Crippen LogP contribution is -2.30. The van der Waals surface area contributed by atoms with Crippen molar-refractivity contribution in [2.24, 2.45) is 5.92 Å². The average molecular weight is 407 g/mol. The molecule has 3 aromatic rings. The fourth-order valence-corrected chi connectivity index (χ4v) is 5.43. The first kappa shape index (κ1) is 18.3. The standard InChI is InChI=1S/C22H21N3O3S/c26-18-12-25(11-14(18)9-15-3-1-2-7-23-15)22(28)13-4-5-19-17(10-13)16-6-8-24-21(27)20(16)29-19/h1-5,7,10,14,18,26H,6,8-9,11-12H2,(H,24,27)/t14-,18-/m1/s1. The molecule has 6 nitrogen and oxygen atoms in total. The van der Waals surface area contributed by atoms with E-state index >= 15 is 0 Å². The van der Waals surface area contributed by atoms with Gasteiger partial charge in [-0.3, -0.25) is 14.6 Å². The van der Waals surface area contributed by atoms with Crippen molar-refractivity contribution in [1.29, 1.82) is 0 Å². The summed E-state index contributed by atoms with van der Waals surface area (Å²) in [5.41, 5.74) is 2.57. The van der Waals surface area contributed by atoms with Gasteiger partial charge in [-0.05, 0) is 54.1 Å². The summed E-state index contributed by atoms with van der Waals surface area (Å²) in [5.74, 6) is -0.120. The van der Waals surface area contributed by atoms with E-state index < -0.39 is 6.10 Å². The number of amides is 2. The first-order chi connectivity index (χ1) is 14.1. The lowest BCUT2D eigenvalue weighted by molar-refractivity contribution is 0.0764. The van der Waals surface area contributed by atoms with E-state index in [1.807, 2.05) is 36.4 Å². The summed E-state index contributed by atoms with van der Waals surface area (Å²) < 4.78 is 1.03. The van der Waals surface area contributed by atoms with Crippen molar-refractivity contribution in [3.8, 4) is 0 Å². The molecule has 0 spiro atoms. The Morgan fingerprint density at radius 3 is 3.00 bits per heavy atom. The first-order valence-corrected chi connectivity index (χ1v) is 10.6. The van der Waals surface area contributed by atoms with Gasteiger partial charge in [0.2, 0.25) is 0 Å². The summed E-state index contributed by atoms with van der Waals surface area (Å²) in [7, 11) is 0. The van der Waals surface area contributed by atoms with Crippen LogP contribution < -0.4 is 5.32 Å². The minimum atomic E-state index is -0.553. The van der Waals surface area contributed by atoms with Crippen molar-refractivity contribution in [3.63, 3.8) is 0 Å². The van der Waals surface area contributed by atoms with Gasteiger partial charge in [-0.15, -0.1) is 11.3 Å². The Kier molecular flexibility index (Phi) is 4.56. The number of thiophene rings is 1. The van der Waals surface area contributed by atoms with Gasteiger partial charge in [-0.25, -0.2) is 0 Å². The van der Waals surface area contributed by atoms with E-state index in [0.29, 0.717) is 31.6 Å². The number of carbonyl (C=O) groups excluding carboxylic acids is 2. The number of hydrogen-bond donors (Lipinski definition) is 2. The van der Waals surface area contributed by atoms with Crippen LogP contribution >= 0.6 is 11.3 Å². The SMILES string of the molecule is O=C1NCCc2c1sc1ccc(C(=O)N3C[C@@H](Cc4ccccn4)[C@H](O)C3)cc21. The lowest BCUT2D eigenvalue weighted by Gasteiger charge is -2.16. The molecule has 2 aliphatic heterocycles. The number of nitrogens with zero attached hydrogens (tertiary/aromatic N) is 2. The molecule has 0 aliphatic carbocycles. The summed E-state index contributed by atoms with van der Waals surface area (Å²) in [6, 6.07) is 11.4. The normalized spacial score (nSPS) is 21.3. The summed E-state index contributed by atoms with van der Waals surface area (Å²) in [6.07, 6.45) is 2.63. The number of carbonyl (C=O) groups is 2. The number of fused-ring (bicyclic) bond motifs is 3. The Balaban J connectivity index is 1.38. The minimum Gasteiger partial charge on any atom is -0.391 e. The van der Waals surface area contributed by atoms with Crippen LogP contribution in [0.25, 0.3) is 10.1 Å². The van der Waals surface area contributed by atoms with Crippen LogP contribution in [0.4, 0.5) is 0 Å². The number of nitrogens with one attached hydrogen (secondary N) is 1. The maximum atomic E-state index is 13.1. The van der Waals surface area contributed by atoms with Crippen molar-refractivity contribution in [1.82, 2.24) is 15.2 Å². The number of rotatable bonds is 3. The number of aliphatic hydroxyl groups excluding tert-OH is 1. The number of aromatic nitrogens is 1. The lowest BCUT2D eigenvalue weighted by atomic mass is 10.00. The van der Waals surface area contributed by atoms with Gasteiger partial charge in [0.25, 0.3) is 11.8 Å². The van der Waals surface area contributed by atoms with Crippen molar-refractivity contribution < 1.29 is 14.7 Å². The largest absolute Gasteiger partial charge is 0.391 e. The van der Waals surface area contributed by atoms with E-state index in [-0.39, 0.29) is 17.7 Å². The maximum Gasteiger partial charge on any atom is 0.261 e. The molecule has 148 valence electrons. The van der Waals surface area contributed by atoms with E-state index in [0.717, 1.165) is 32.6 Å². The van der Waals surface area contributed by atoms with E-state index in [4.69, 9.17) is 0 Å². The van der Waals surface area contributed by atoms with Gasteiger partial charge in [-0.2, -0.15) is 0 Å². The highest BCUT2D eigenvalue weighted by Crippen LogP contribution is 2.34. The van der Waals surface area contributed by atoms with Crippen molar-refractivity contribution in [3.05, 3.63) is 64.3 Å².